The lowest BCUT2D eigenvalue weighted by Gasteiger charge is -2.14. The second kappa shape index (κ2) is 4.60. The summed E-state index contributed by atoms with van der Waals surface area (Å²) < 4.78 is 34.3. The molecule has 1 aromatic heterocycles. The Morgan fingerprint density at radius 2 is 2.06 bits per heavy atom. The van der Waals surface area contributed by atoms with E-state index in [4.69, 9.17) is 23.2 Å². The van der Waals surface area contributed by atoms with E-state index in [0.29, 0.717) is 0 Å². The van der Waals surface area contributed by atoms with Gasteiger partial charge in [-0.3, -0.25) is 9.69 Å². The molecule has 0 radical (unpaired) electrons. The molecule has 1 aliphatic heterocycles. The smallest absolute Gasteiger partial charge is 0.295 e. The molecular formula is C8H6Cl2FN3O3S. The number of aromatic nitrogens is 2. The summed E-state index contributed by atoms with van der Waals surface area (Å²) in [5.74, 6) is -0.511. The summed E-state index contributed by atoms with van der Waals surface area (Å²) in [5.41, 5.74) is 0. The lowest BCUT2D eigenvalue weighted by molar-refractivity contribution is -0.117. The molecule has 0 spiro atoms. The average Bonchev–Trinajstić information content (AvgIpc) is 2.58. The number of halogens is 3. The molecule has 2 heterocycles. The number of hydrogen-bond acceptors (Lipinski definition) is 5. The lowest BCUT2D eigenvalue weighted by Crippen LogP contribution is -2.27. The minimum atomic E-state index is -4.77. The van der Waals surface area contributed by atoms with Gasteiger partial charge < -0.3 is 0 Å². The van der Waals surface area contributed by atoms with Crippen molar-refractivity contribution in [3.8, 4) is 0 Å². The summed E-state index contributed by atoms with van der Waals surface area (Å²) in [6, 6.07) is 1.25. The predicted molar refractivity (Wildman–Crippen MR) is 62.8 cm³/mol. The summed E-state index contributed by atoms with van der Waals surface area (Å²) >= 11 is 11.2. The fourth-order valence-corrected chi connectivity index (χ4v) is 2.67. The molecule has 1 fully saturated rings. The van der Waals surface area contributed by atoms with E-state index in [1.165, 1.54) is 6.07 Å². The van der Waals surface area contributed by atoms with Crippen LogP contribution >= 0.6 is 23.2 Å². The topological polar surface area (TPSA) is 80.2 Å². The molecule has 0 aliphatic carbocycles. The quantitative estimate of drug-likeness (QED) is 0.465. The molecular weight excluding hydrogens is 308 g/mol. The van der Waals surface area contributed by atoms with E-state index in [0.717, 1.165) is 4.90 Å². The van der Waals surface area contributed by atoms with Crippen LogP contribution in [0.25, 0.3) is 0 Å². The number of rotatable bonds is 2. The van der Waals surface area contributed by atoms with Gasteiger partial charge >= 0.3 is 10.2 Å². The van der Waals surface area contributed by atoms with E-state index in [2.05, 4.69) is 9.97 Å². The molecule has 2 rings (SSSR count). The maximum atomic E-state index is 12.8. The number of anilines is 1. The molecule has 98 valence electrons. The Balaban J connectivity index is 2.32. The van der Waals surface area contributed by atoms with E-state index in [1.54, 1.807) is 0 Å². The van der Waals surface area contributed by atoms with Gasteiger partial charge in [-0.2, -0.15) is 8.42 Å². The number of carbonyl (C=O) groups is 1. The summed E-state index contributed by atoms with van der Waals surface area (Å²) in [6.45, 7) is -0.318. The van der Waals surface area contributed by atoms with Crippen molar-refractivity contribution in [2.45, 2.75) is 11.7 Å². The van der Waals surface area contributed by atoms with Crippen LogP contribution < -0.4 is 4.90 Å². The van der Waals surface area contributed by atoms with Crippen molar-refractivity contribution in [2.24, 2.45) is 0 Å². The van der Waals surface area contributed by atoms with Crippen LogP contribution in [0.2, 0.25) is 10.4 Å². The first-order valence-corrected chi connectivity index (χ1v) is 6.91. The van der Waals surface area contributed by atoms with Crippen molar-refractivity contribution in [3.63, 3.8) is 0 Å². The van der Waals surface area contributed by atoms with Crippen molar-refractivity contribution in [3.05, 3.63) is 16.5 Å². The Kier molecular flexibility index (Phi) is 3.43. The van der Waals surface area contributed by atoms with Crippen molar-refractivity contribution in [2.75, 3.05) is 11.4 Å². The zero-order chi connectivity index (χ0) is 13.5. The normalized spacial score (nSPS) is 20.5. The number of hydrogen-bond donors (Lipinski definition) is 0. The number of carbonyl (C=O) groups excluding carboxylic acids is 1. The first-order valence-electron chi connectivity index (χ1n) is 4.71. The molecule has 6 nitrogen and oxygen atoms in total. The molecule has 0 N–H and O–H groups in total. The fourth-order valence-electron chi connectivity index (χ4n) is 1.60. The first-order chi connectivity index (χ1) is 8.27. The molecule has 1 aromatic rings. The predicted octanol–water partition coefficient (Wildman–Crippen LogP) is 1.19. The third-order valence-corrected chi connectivity index (χ3v) is 3.89. The van der Waals surface area contributed by atoms with Crippen LogP contribution in [0.4, 0.5) is 9.70 Å². The molecule has 18 heavy (non-hydrogen) atoms. The zero-order valence-electron chi connectivity index (χ0n) is 8.68. The van der Waals surface area contributed by atoms with Gasteiger partial charge in [0.15, 0.2) is 0 Å². The number of amides is 1. The SMILES string of the molecule is O=C1CC(S(=O)(=O)F)CN1c1cc(Cl)nc(Cl)n1. The number of nitrogens with zero attached hydrogens (tertiary/aromatic N) is 3. The highest BCUT2D eigenvalue weighted by atomic mass is 35.5. The second-order valence-corrected chi connectivity index (χ2v) is 5.97. The van der Waals surface area contributed by atoms with E-state index in [-0.39, 0.29) is 22.8 Å². The highest BCUT2D eigenvalue weighted by Crippen LogP contribution is 2.26. The van der Waals surface area contributed by atoms with Gasteiger partial charge in [0.2, 0.25) is 11.2 Å². The largest absolute Gasteiger partial charge is 0.307 e. The van der Waals surface area contributed by atoms with Gasteiger partial charge in [-0.1, -0.05) is 11.6 Å². The van der Waals surface area contributed by atoms with E-state index < -0.39 is 27.8 Å². The molecule has 0 saturated carbocycles. The van der Waals surface area contributed by atoms with Crippen LogP contribution in [0.15, 0.2) is 6.07 Å². The zero-order valence-corrected chi connectivity index (χ0v) is 11.0. The summed E-state index contributed by atoms with van der Waals surface area (Å²) in [5, 5.41) is -1.57. The maximum Gasteiger partial charge on any atom is 0.307 e. The van der Waals surface area contributed by atoms with Gasteiger partial charge in [-0.05, 0) is 11.6 Å². The van der Waals surface area contributed by atoms with Crippen LogP contribution in [-0.2, 0) is 15.0 Å². The monoisotopic (exact) mass is 313 g/mol. The van der Waals surface area contributed by atoms with Crippen molar-refractivity contribution in [1.29, 1.82) is 0 Å². The van der Waals surface area contributed by atoms with Gasteiger partial charge in [0.25, 0.3) is 0 Å². The maximum absolute atomic E-state index is 12.8. The summed E-state index contributed by atoms with van der Waals surface area (Å²) in [4.78, 5) is 19.9. The van der Waals surface area contributed by atoms with Crippen LogP contribution in [0.5, 0.6) is 0 Å². The molecule has 1 atom stereocenters. The van der Waals surface area contributed by atoms with E-state index >= 15 is 0 Å². The van der Waals surface area contributed by atoms with Crippen molar-refractivity contribution in [1.82, 2.24) is 9.97 Å². The van der Waals surface area contributed by atoms with Crippen LogP contribution in [0.3, 0.4) is 0 Å². The molecule has 1 saturated heterocycles. The fraction of sp³-hybridized carbons (Fsp3) is 0.375. The highest BCUT2D eigenvalue weighted by molar-refractivity contribution is 7.87. The highest BCUT2D eigenvalue weighted by Gasteiger charge is 2.39. The molecule has 1 amide bonds. The summed E-state index contributed by atoms with van der Waals surface area (Å²) in [7, 11) is -4.77. The third kappa shape index (κ3) is 2.70. The molecule has 0 bridgehead atoms. The Morgan fingerprint density at radius 3 is 2.56 bits per heavy atom. The standard InChI is InChI=1S/C8H6Cl2FN3O3S/c9-5-2-6(13-8(10)12-5)14-3-4(1-7(14)15)18(11,16)17/h2,4H,1,3H2. The van der Waals surface area contributed by atoms with Crippen LogP contribution in [0, 0.1) is 0 Å². The summed E-state index contributed by atoms with van der Waals surface area (Å²) in [6.07, 6.45) is -0.432. The van der Waals surface area contributed by atoms with Crippen molar-refractivity contribution < 1.29 is 17.1 Å². The molecule has 10 heteroatoms. The third-order valence-electron chi connectivity index (χ3n) is 2.42. The van der Waals surface area contributed by atoms with Gasteiger partial charge in [0.1, 0.15) is 16.2 Å². The molecule has 1 unspecified atom stereocenters. The van der Waals surface area contributed by atoms with Crippen molar-refractivity contribution >= 4 is 45.2 Å². The van der Waals surface area contributed by atoms with Gasteiger partial charge in [-0.15, -0.1) is 3.89 Å². The van der Waals surface area contributed by atoms with E-state index in [1.807, 2.05) is 0 Å². The molecule has 0 aromatic carbocycles. The molecule has 1 aliphatic rings. The average molecular weight is 314 g/mol. The minimum absolute atomic E-state index is 0.00403. The van der Waals surface area contributed by atoms with Crippen LogP contribution in [-0.4, -0.2) is 36.1 Å². The Morgan fingerprint density at radius 1 is 1.39 bits per heavy atom. The van der Waals surface area contributed by atoms with E-state index in [9.17, 15) is 17.1 Å². The Hall–Kier alpha value is -0.990. The Bertz CT molecular complexity index is 589. The first kappa shape index (κ1) is 13.4. The lowest BCUT2D eigenvalue weighted by atomic mass is 10.4. The van der Waals surface area contributed by atoms with Gasteiger partial charge in [0, 0.05) is 19.0 Å². The van der Waals surface area contributed by atoms with Gasteiger partial charge in [-0.25, -0.2) is 9.97 Å². The van der Waals surface area contributed by atoms with Crippen LogP contribution in [0.1, 0.15) is 6.42 Å². The Labute approximate surface area is 112 Å². The second-order valence-electron chi connectivity index (χ2n) is 3.62. The minimum Gasteiger partial charge on any atom is -0.295 e. The van der Waals surface area contributed by atoms with Gasteiger partial charge in [0.05, 0.1) is 0 Å².